The first-order chi connectivity index (χ1) is 9.61. The van der Waals surface area contributed by atoms with E-state index in [1.54, 1.807) is 17.3 Å². The van der Waals surface area contributed by atoms with Gasteiger partial charge in [-0.1, -0.05) is 13.8 Å². The van der Waals surface area contributed by atoms with Gasteiger partial charge < -0.3 is 4.74 Å². The van der Waals surface area contributed by atoms with E-state index in [-0.39, 0.29) is 0 Å². The van der Waals surface area contributed by atoms with Crippen LogP contribution in [0.2, 0.25) is 0 Å². The minimum absolute atomic E-state index is 0.402. The second-order valence-corrected chi connectivity index (χ2v) is 4.92. The molecule has 5 heteroatoms. The Morgan fingerprint density at radius 1 is 1.30 bits per heavy atom. The second-order valence-electron chi connectivity index (χ2n) is 4.92. The molecule has 1 heterocycles. The van der Waals surface area contributed by atoms with Crippen LogP contribution in [0.4, 0.5) is 0 Å². The van der Waals surface area contributed by atoms with Crippen molar-refractivity contribution in [2.75, 3.05) is 6.61 Å². The van der Waals surface area contributed by atoms with Gasteiger partial charge >= 0.3 is 0 Å². The third kappa shape index (κ3) is 3.23. The van der Waals surface area contributed by atoms with E-state index in [1.807, 2.05) is 13.1 Å². The standard InChI is InChI=1S/C15H20N4O/c1-5-20-15-6-12(4)13(7-14(15)11(2)3)8-18-19-9-16-17-10-19/h6-11H,5H2,1-4H3/b18-8-. The van der Waals surface area contributed by atoms with Crippen molar-refractivity contribution >= 4 is 6.21 Å². The molecule has 1 aromatic heterocycles. The number of aromatic nitrogens is 3. The number of rotatable bonds is 5. The van der Waals surface area contributed by atoms with E-state index in [9.17, 15) is 0 Å². The number of hydrogen-bond donors (Lipinski definition) is 0. The Morgan fingerprint density at radius 2 is 2.00 bits per heavy atom. The number of aryl methyl sites for hydroxylation is 1. The molecule has 0 aliphatic carbocycles. The third-order valence-corrected chi connectivity index (χ3v) is 3.06. The summed E-state index contributed by atoms with van der Waals surface area (Å²) in [5.74, 6) is 1.36. The predicted octanol–water partition coefficient (Wildman–Crippen LogP) is 2.99. The van der Waals surface area contributed by atoms with Crippen molar-refractivity contribution in [2.24, 2.45) is 5.10 Å². The molecule has 5 nitrogen and oxygen atoms in total. The molecule has 0 saturated heterocycles. The van der Waals surface area contributed by atoms with Gasteiger partial charge in [-0.05, 0) is 48.6 Å². The minimum Gasteiger partial charge on any atom is -0.494 e. The lowest BCUT2D eigenvalue weighted by molar-refractivity contribution is 0.335. The summed E-state index contributed by atoms with van der Waals surface area (Å²) >= 11 is 0. The average molecular weight is 272 g/mol. The molecule has 20 heavy (non-hydrogen) atoms. The number of hydrogen-bond acceptors (Lipinski definition) is 4. The topological polar surface area (TPSA) is 52.3 Å². The van der Waals surface area contributed by atoms with Crippen molar-refractivity contribution in [3.05, 3.63) is 41.5 Å². The lowest BCUT2D eigenvalue weighted by atomic mass is 9.97. The second kappa shape index (κ2) is 6.32. The summed E-state index contributed by atoms with van der Waals surface area (Å²) in [4.78, 5) is 0. The molecule has 0 aliphatic rings. The molecule has 0 unspecified atom stereocenters. The zero-order chi connectivity index (χ0) is 14.5. The molecule has 0 radical (unpaired) electrons. The number of benzene rings is 1. The Morgan fingerprint density at radius 3 is 2.60 bits per heavy atom. The summed E-state index contributed by atoms with van der Waals surface area (Å²) in [5, 5.41) is 11.7. The van der Waals surface area contributed by atoms with Crippen LogP contribution in [0.15, 0.2) is 29.9 Å². The maximum atomic E-state index is 5.71. The Kier molecular flexibility index (Phi) is 4.50. The molecule has 0 bridgehead atoms. The van der Waals surface area contributed by atoms with Crippen molar-refractivity contribution < 1.29 is 4.74 Å². The molecule has 1 aromatic carbocycles. The SMILES string of the molecule is CCOc1cc(C)c(/C=N\n2cnnc2)cc1C(C)C. The maximum absolute atomic E-state index is 5.71. The maximum Gasteiger partial charge on any atom is 0.141 e. The Hall–Kier alpha value is -2.17. The van der Waals surface area contributed by atoms with Crippen molar-refractivity contribution in [3.8, 4) is 5.75 Å². The number of ether oxygens (including phenoxy) is 1. The summed E-state index contributed by atoms with van der Waals surface area (Å²) in [5.41, 5.74) is 3.41. The van der Waals surface area contributed by atoms with E-state index >= 15 is 0 Å². The van der Waals surface area contributed by atoms with Crippen molar-refractivity contribution in [2.45, 2.75) is 33.6 Å². The van der Waals surface area contributed by atoms with Gasteiger partial charge in [0.2, 0.25) is 0 Å². The van der Waals surface area contributed by atoms with Crippen LogP contribution >= 0.6 is 0 Å². The van der Waals surface area contributed by atoms with Gasteiger partial charge in [-0.3, -0.25) is 0 Å². The molecule has 0 N–H and O–H groups in total. The van der Waals surface area contributed by atoms with E-state index in [0.29, 0.717) is 12.5 Å². The molecule has 2 rings (SSSR count). The highest BCUT2D eigenvalue weighted by Gasteiger charge is 2.10. The van der Waals surface area contributed by atoms with Gasteiger partial charge in [-0.2, -0.15) is 5.10 Å². The third-order valence-electron chi connectivity index (χ3n) is 3.06. The van der Waals surface area contributed by atoms with Gasteiger partial charge in [-0.15, -0.1) is 10.2 Å². The first-order valence-electron chi connectivity index (χ1n) is 6.78. The van der Waals surface area contributed by atoms with Crippen LogP contribution < -0.4 is 4.74 Å². The molecule has 0 fully saturated rings. The van der Waals surface area contributed by atoms with Crippen LogP contribution in [0.5, 0.6) is 5.75 Å². The Labute approximate surface area is 119 Å². The molecule has 106 valence electrons. The summed E-state index contributed by atoms with van der Waals surface area (Å²) in [7, 11) is 0. The van der Waals surface area contributed by atoms with Gasteiger partial charge in [-0.25, -0.2) is 4.68 Å². The fourth-order valence-electron chi connectivity index (χ4n) is 1.97. The highest BCUT2D eigenvalue weighted by atomic mass is 16.5. The summed E-state index contributed by atoms with van der Waals surface area (Å²) in [6.45, 7) is 9.05. The summed E-state index contributed by atoms with van der Waals surface area (Å²) in [6, 6.07) is 4.21. The lowest BCUT2D eigenvalue weighted by Gasteiger charge is -2.15. The van der Waals surface area contributed by atoms with Crippen LogP contribution in [0.3, 0.4) is 0 Å². The van der Waals surface area contributed by atoms with Crippen molar-refractivity contribution in [1.82, 2.24) is 14.9 Å². The van der Waals surface area contributed by atoms with Gasteiger partial charge in [0.15, 0.2) is 0 Å². The fraction of sp³-hybridized carbons (Fsp3) is 0.400. The molecular weight excluding hydrogens is 252 g/mol. The molecule has 0 saturated carbocycles. The monoisotopic (exact) mass is 272 g/mol. The highest BCUT2D eigenvalue weighted by molar-refractivity contribution is 5.82. The fourth-order valence-corrected chi connectivity index (χ4v) is 1.97. The Balaban J connectivity index is 2.36. The van der Waals surface area contributed by atoms with Crippen molar-refractivity contribution in [1.29, 1.82) is 0 Å². The van der Waals surface area contributed by atoms with Gasteiger partial charge in [0.1, 0.15) is 18.4 Å². The van der Waals surface area contributed by atoms with E-state index in [4.69, 9.17) is 4.74 Å². The highest BCUT2D eigenvalue weighted by Crippen LogP contribution is 2.29. The Bertz CT molecular complexity index is 588. The van der Waals surface area contributed by atoms with E-state index in [0.717, 1.165) is 16.9 Å². The molecular formula is C15H20N4O. The van der Waals surface area contributed by atoms with Crippen LogP contribution in [-0.4, -0.2) is 27.7 Å². The van der Waals surface area contributed by atoms with Crippen LogP contribution in [0.25, 0.3) is 0 Å². The average Bonchev–Trinajstić information content (AvgIpc) is 2.91. The predicted molar refractivity (Wildman–Crippen MR) is 79.5 cm³/mol. The summed E-state index contributed by atoms with van der Waals surface area (Å²) < 4.78 is 7.29. The van der Waals surface area contributed by atoms with Crippen LogP contribution in [0, 0.1) is 6.92 Å². The zero-order valence-electron chi connectivity index (χ0n) is 12.4. The largest absolute Gasteiger partial charge is 0.494 e. The quantitative estimate of drug-likeness (QED) is 0.786. The van der Waals surface area contributed by atoms with E-state index in [1.165, 1.54) is 5.56 Å². The zero-order valence-corrected chi connectivity index (χ0v) is 12.4. The van der Waals surface area contributed by atoms with Crippen LogP contribution in [-0.2, 0) is 0 Å². The first kappa shape index (κ1) is 14.2. The van der Waals surface area contributed by atoms with Crippen LogP contribution in [0.1, 0.15) is 43.4 Å². The molecule has 0 amide bonds. The smallest absolute Gasteiger partial charge is 0.141 e. The number of nitrogens with zero attached hydrogens (tertiary/aromatic N) is 4. The first-order valence-corrected chi connectivity index (χ1v) is 6.78. The molecule has 0 atom stereocenters. The molecule has 0 aliphatic heterocycles. The van der Waals surface area contributed by atoms with Gasteiger partial charge in [0.25, 0.3) is 0 Å². The van der Waals surface area contributed by atoms with Crippen molar-refractivity contribution in [3.63, 3.8) is 0 Å². The van der Waals surface area contributed by atoms with E-state index in [2.05, 4.69) is 48.2 Å². The molecule has 0 spiro atoms. The van der Waals surface area contributed by atoms with E-state index < -0.39 is 0 Å². The summed E-state index contributed by atoms with van der Waals surface area (Å²) in [6.07, 6.45) is 4.94. The minimum atomic E-state index is 0.402. The van der Waals surface area contributed by atoms with Gasteiger partial charge in [0.05, 0.1) is 12.8 Å². The lowest BCUT2D eigenvalue weighted by Crippen LogP contribution is -2.01. The normalized spacial score (nSPS) is 11.4. The molecule has 2 aromatic rings. The van der Waals surface area contributed by atoms with Gasteiger partial charge in [0, 0.05) is 0 Å².